The fourth-order valence-corrected chi connectivity index (χ4v) is 1.57. The largest absolute Gasteiger partial charge is 0.458 e. The van der Waals surface area contributed by atoms with E-state index in [0.29, 0.717) is 0 Å². The molecule has 1 saturated heterocycles. The number of alkyl halides is 18. The summed E-state index contributed by atoms with van der Waals surface area (Å²) in [4.78, 5) is 0. The number of rotatable bonds is 0. The van der Waals surface area contributed by atoms with Crippen LogP contribution in [0.15, 0.2) is 0 Å². The van der Waals surface area contributed by atoms with Gasteiger partial charge in [0.15, 0.2) is 0 Å². The molecule has 0 aromatic rings. The Morgan fingerprint density at radius 3 is 0.567 bits per heavy atom. The van der Waals surface area contributed by atoms with Crippen LogP contribution in [0.25, 0.3) is 0 Å². The molecule has 0 radical (unpaired) electrons. The quantitative estimate of drug-likeness (QED) is 0.413. The van der Waals surface area contributed by atoms with Gasteiger partial charge in [-0.3, -0.25) is 14.2 Å². The second-order valence-corrected chi connectivity index (χ2v) is 5.14. The molecule has 0 aromatic heterocycles. The van der Waals surface area contributed by atoms with Gasteiger partial charge in [-0.05, 0) is 0 Å². The third-order valence-corrected chi connectivity index (χ3v) is 3.02. The summed E-state index contributed by atoms with van der Waals surface area (Å²) in [5.41, 5.74) is 0. The minimum Gasteiger partial charge on any atom is -0.263 e. The molecule has 180 valence electrons. The van der Waals surface area contributed by atoms with Crippen molar-refractivity contribution in [1.29, 1.82) is 0 Å². The highest BCUT2D eigenvalue weighted by Crippen LogP contribution is 2.62. The van der Waals surface area contributed by atoms with E-state index in [9.17, 15) is 79.0 Å². The van der Waals surface area contributed by atoms with Crippen LogP contribution in [0.2, 0.25) is 0 Å². The van der Waals surface area contributed by atoms with Crippen LogP contribution in [0.5, 0.6) is 0 Å². The van der Waals surface area contributed by atoms with E-state index < -0.39 is 54.4 Å². The Hall–Kier alpha value is -1.38. The lowest BCUT2D eigenvalue weighted by atomic mass is 10.2. The first-order valence-corrected chi connectivity index (χ1v) is 6.13. The van der Waals surface area contributed by atoms with Crippen molar-refractivity contribution in [2.45, 2.75) is 54.4 Å². The first-order valence-electron chi connectivity index (χ1n) is 6.13. The van der Waals surface area contributed by atoms with Crippen molar-refractivity contribution in [3.63, 3.8) is 0 Å². The van der Waals surface area contributed by atoms with Crippen LogP contribution in [0.1, 0.15) is 0 Å². The van der Waals surface area contributed by atoms with Gasteiger partial charge in [0.05, 0.1) is 0 Å². The van der Waals surface area contributed by atoms with Gasteiger partial charge in [-0.25, -0.2) is 0 Å². The molecule has 0 spiro atoms. The van der Waals surface area contributed by atoms with Crippen molar-refractivity contribution in [3.05, 3.63) is 0 Å². The molecule has 1 heterocycles. The molecule has 1 rings (SSSR count). The zero-order valence-corrected chi connectivity index (χ0v) is 12.5. The van der Waals surface area contributed by atoms with Crippen LogP contribution in [-0.4, -0.2) is 54.4 Å². The van der Waals surface area contributed by atoms with Gasteiger partial charge in [0.2, 0.25) is 0 Å². The van der Waals surface area contributed by atoms with Crippen molar-refractivity contribution in [2.24, 2.45) is 0 Å². The highest BCUT2D eigenvalue weighted by Gasteiger charge is 2.91. The molecule has 0 amide bonds. The summed E-state index contributed by atoms with van der Waals surface area (Å²) >= 11 is 0. The Bertz CT molecular complexity index is 573. The van der Waals surface area contributed by atoms with Gasteiger partial charge in [0.1, 0.15) is 0 Å². The molecule has 21 heteroatoms. The molecule has 1 aliphatic heterocycles. The van der Waals surface area contributed by atoms with E-state index in [1.165, 1.54) is 14.2 Å². The molecule has 0 bridgehead atoms. The van der Waals surface area contributed by atoms with Gasteiger partial charge < -0.3 is 0 Å². The SMILES string of the molecule is FC(F)(F)[C@]1(F)OC(F)(F)[C@](F)(C(F)(F)F)OC(F)(F)[C@](F)(C(F)(F)F)OC1(F)F. The van der Waals surface area contributed by atoms with Crippen LogP contribution >= 0.6 is 0 Å². The molecule has 1 fully saturated rings. The van der Waals surface area contributed by atoms with E-state index in [1.54, 1.807) is 0 Å². The first-order chi connectivity index (χ1) is 12.6. The fraction of sp³-hybridized carbons (Fsp3) is 1.00. The van der Waals surface area contributed by atoms with Crippen LogP contribution in [-0.2, 0) is 14.2 Å². The highest BCUT2D eigenvalue weighted by atomic mass is 19.4. The van der Waals surface area contributed by atoms with E-state index in [1.807, 2.05) is 0 Å². The Kier molecular flexibility index (Phi) is 5.62. The van der Waals surface area contributed by atoms with Crippen molar-refractivity contribution in [2.75, 3.05) is 0 Å². The van der Waals surface area contributed by atoms with Gasteiger partial charge in [-0.15, -0.1) is 0 Å². The van der Waals surface area contributed by atoms with Crippen molar-refractivity contribution in [1.82, 2.24) is 0 Å². The third kappa shape index (κ3) is 3.50. The van der Waals surface area contributed by atoms with Gasteiger partial charge in [0, 0.05) is 0 Å². The van der Waals surface area contributed by atoms with Crippen LogP contribution in [0, 0.1) is 0 Å². The minimum atomic E-state index is -7.97. The molecule has 30 heavy (non-hydrogen) atoms. The Labute approximate surface area is 149 Å². The summed E-state index contributed by atoms with van der Waals surface area (Å²) in [6.07, 6.45) is -47.5. The third-order valence-electron chi connectivity index (χ3n) is 3.02. The van der Waals surface area contributed by atoms with Gasteiger partial charge >= 0.3 is 54.4 Å². The molecule has 1 aliphatic rings. The summed E-state index contributed by atoms with van der Waals surface area (Å²) in [6, 6.07) is 0. The van der Waals surface area contributed by atoms with E-state index in [-0.39, 0.29) is 0 Å². The summed E-state index contributed by atoms with van der Waals surface area (Å²) in [7, 11) is 0. The zero-order valence-electron chi connectivity index (χ0n) is 12.5. The van der Waals surface area contributed by atoms with E-state index in [0.717, 1.165) is 0 Å². The molecular formula is C9F18O3. The van der Waals surface area contributed by atoms with E-state index >= 15 is 0 Å². The first kappa shape index (κ1) is 26.7. The summed E-state index contributed by atoms with van der Waals surface area (Å²) in [5.74, 6) is -23.9. The molecule has 3 nitrogen and oxygen atoms in total. The predicted octanol–water partition coefficient (Wildman–Crippen LogP) is 5.51. The second-order valence-electron chi connectivity index (χ2n) is 5.14. The smallest absolute Gasteiger partial charge is 0.263 e. The number of ether oxygens (including phenoxy) is 3. The number of halogens is 18. The van der Waals surface area contributed by atoms with Crippen molar-refractivity contribution < 1.29 is 93.2 Å². The topological polar surface area (TPSA) is 27.7 Å². The minimum absolute atomic E-state index is 1.38. The average molecular weight is 498 g/mol. The molecular weight excluding hydrogens is 498 g/mol. The van der Waals surface area contributed by atoms with Crippen LogP contribution in [0.3, 0.4) is 0 Å². The monoisotopic (exact) mass is 498 g/mol. The lowest BCUT2D eigenvalue weighted by molar-refractivity contribution is -0.543. The van der Waals surface area contributed by atoms with Gasteiger partial charge in [0.25, 0.3) is 0 Å². The molecule has 3 atom stereocenters. The molecule has 0 saturated carbocycles. The molecule has 0 aliphatic carbocycles. The Balaban J connectivity index is 4.11. The summed E-state index contributed by atoms with van der Waals surface area (Å²) in [6.45, 7) is 0. The van der Waals surface area contributed by atoms with Gasteiger partial charge in [-0.1, -0.05) is 0 Å². The van der Waals surface area contributed by atoms with E-state index in [2.05, 4.69) is 0 Å². The van der Waals surface area contributed by atoms with Gasteiger partial charge in [-0.2, -0.15) is 79.0 Å². The van der Waals surface area contributed by atoms with Crippen LogP contribution < -0.4 is 0 Å². The van der Waals surface area contributed by atoms with Crippen molar-refractivity contribution >= 4 is 0 Å². The number of hydrogen-bond acceptors (Lipinski definition) is 3. The number of hydrogen-bond donors (Lipinski definition) is 0. The summed E-state index contributed by atoms with van der Waals surface area (Å²) < 4.78 is 237. The Morgan fingerprint density at radius 1 is 0.333 bits per heavy atom. The average Bonchev–Trinajstić information content (AvgIpc) is 2.41. The fourth-order valence-electron chi connectivity index (χ4n) is 1.57. The second kappa shape index (κ2) is 6.33. The predicted molar refractivity (Wildman–Crippen MR) is 47.8 cm³/mol. The van der Waals surface area contributed by atoms with E-state index in [4.69, 9.17) is 0 Å². The standard InChI is InChI=1S/C9F18O3/c10-1(4(13,14)15)7(22,23)29-3(12,6(19,20)21)9(26,27)30-2(11,5(16,17)18)8(24,25)28-1/t1-,2-,3-/m0/s1. The molecule has 0 unspecified atom stereocenters. The van der Waals surface area contributed by atoms with Crippen molar-refractivity contribution in [3.8, 4) is 0 Å². The molecule has 0 aromatic carbocycles. The maximum atomic E-state index is 13.6. The molecule has 0 N–H and O–H groups in total. The maximum absolute atomic E-state index is 13.6. The maximum Gasteiger partial charge on any atom is 0.458 e. The normalized spacial score (nSPS) is 37.8. The summed E-state index contributed by atoms with van der Waals surface area (Å²) in [5, 5.41) is 0. The van der Waals surface area contributed by atoms with Crippen LogP contribution in [0.4, 0.5) is 79.0 Å². The lowest BCUT2D eigenvalue weighted by Gasteiger charge is -2.38. The zero-order chi connectivity index (χ0) is 24.6. The Morgan fingerprint density at radius 2 is 0.467 bits per heavy atom. The highest BCUT2D eigenvalue weighted by molar-refractivity contribution is 5.00. The lowest BCUT2D eigenvalue weighted by Crippen LogP contribution is -2.66.